The van der Waals surface area contributed by atoms with Gasteiger partial charge in [0.2, 0.25) is 0 Å². The van der Waals surface area contributed by atoms with Gasteiger partial charge in [-0.15, -0.1) is 0 Å². The molecular formula is C11H14BrNO2. The van der Waals surface area contributed by atoms with Crippen LogP contribution in [0, 0.1) is 0 Å². The van der Waals surface area contributed by atoms with Gasteiger partial charge in [0.15, 0.2) is 0 Å². The Balaban J connectivity index is 2.57. The summed E-state index contributed by atoms with van der Waals surface area (Å²) < 4.78 is 1.01. The molecule has 1 aromatic rings. The summed E-state index contributed by atoms with van der Waals surface area (Å²) in [7, 11) is 0. The van der Waals surface area contributed by atoms with Gasteiger partial charge < -0.3 is 10.8 Å². The van der Waals surface area contributed by atoms with Crippen molar-refractivity contribution in [3.8, 4) is 0 Å². The molecule has 1 atom stereocenters. The highest BCUT2D eigenvalue weighted by Crippen LogP contribution is 2.15. The molecule has 3 N–H and O–H groups in total. The standard InChI is InChI=1S/C11H14BrNO2/c1-11(13,10(14)15)7-6-8-2-4-9(12)5-3-8/h2-5H,6-7,13H2,1H3,(H,14,15)/t11-/m0/s1. The molecule has 0 saturated heterocycles. The molecule has 0 heterocycles. The number of benzene rings is 1. The topological polar surface area (TPSA) is 63.3 Å². The number of halogens is 1. The first-order valence-electron chi connectivity index (χ1n) is 4.68. The molecule has 1 aromatic carbocycles. The van der Waals surface area contributed by atoms with Crippen molar-refractivity contribution in [3.05, 3.63) is 34.3 Å². The van der Waals surface area contributed by atoms with E-state index in [1.807, 2.05) is 24.3 Å². The fourth-order valence-electron chi connectivity index (χ4n) is 1.16. The largest absolute Gasteiger partial charge is 0.480 e. The van der Waals surface area contributed by atoms with Crippen molar-refractivity contribution in [1.82, 2.24) is 0 Å². The molecule has 0 aliphatic heterocycles. The van der Waals surface area contributed by atoms with Crippen LogP contribution in [0.15, 0.2) is 28.7 Å². The first-order chi connectivity index (χ1) is 6.92. The van der Waals surface area contributed by atoms with E-state index in [2.05, 4.69) is 15.9 Å². The van der Waals surface area contributed by atoms with Crippen molar-refractivity contribution in [1.29, 1.82) is 0 Å². The van der Waals surface area contributed by atoms with Gasteiger partial charge in [0.1, 0.15) is 5.54 Å². The monoisotopic (exact) mass is 271 g/mol. The minimum Gasteiger partial charge on any atom is -0.480 e. The number of carboxylic acids is 1. The van der Waals surface area contributed by atoms with E-state index in [-0.39, 0.29) is 0 Å². The third-order valence-electron chi connectivity index (χ3n) is 2.33. The van der Waals surface area contributed by atoms with E-state index < -0.39 is 11.5 Å². The molecule has 0 bridgehead atoms. The lowest BCUT2D eigenvalue weighted by Crippen LogP contribution is -2.45. The van der Waals surface area contributed by atoms with E-state index in [0.29, 0.717) is 12.8 Å². The molecule has 0 fully saturated rings. The van der Waals surface area contributed by atoms with Crippen LogP contribution < -0.4 is 5.73 Å². The number of aryl methyl sites for hydroxylation is 1. The number of nitrogens with two attached hydrogens (primary N) is 1. The van der Waals surface area contributed by atoms with Crippen molar-refractivity contribution in [3.63, 3.8) is 0 Å². The minimum absolute atomic E-state index is 0.434. The van der Waals surface area contributed by atoms with E-state index >= 15 is 0 Å². The summed E-state index contributed by atoms with van der Waals surface area (Å²) in [6.45, 7) is 1.54. The lowest BCUT2D eigenvalue weighted by molar-refractivity contribution is -0.142. The molecule has 0 unspecified atom stereocenters. The van der Waals surface area contributed by atoms with Gasteiger partial charge in [-0.3, -0.25) is 4.79 Å². The van der Waals surface area contributed by atoms with Crippen molar-refractivity contribution < 1.29 is 9.90 Å². The van der Waals surface area contributed by atoms with E-state index in [9.17, 15) is 4.79 Å². The van der Waals surface area contributed by atoms with Crippen LogP contribution in [-0.2, 0) is 11.2 Å². The van der Waals surface area contributed by atoms with Crippen LogP contribution >= 0.6 is 15.9 Å². The maximum atomic E-state index is 10.8. The normalized spacial score (nSPS) is 14.6. The van der Waals surface area contributed by atoms with Gasteiger partial charge in [-0.2, -0.15) is 0 Å². The first-order valence-corrected chi connectivity index (χ1v) is 5.48. The van der Waals surface area contributed by atoms with Crippen LogP contribution in [0.25, 0.3) is 0 Å². The van der Waals surface area contributed by atoms with Crippen LogP contribution in [0.5, 0.6) is 0 Å². The summed E-state index contributed by atoms with van der Waals surface area (Å²) >= 11 is 3.34. The fourth-order valence-corrected chi connectivity index (χ4v) is 1.43. The molecule has 0 aliphatic carbocycles. The quantitative estimate of drug-likeness (QED) is 0.883. The Bertz CT molecular complexity index is 346. The molecular weight excluding hydrogens is 258 g/mol. The zero-order valence-electron chi connectivity index (χ0n) is 8.53. The smallest absolute Gasteiger partial charge is 0.323 e. The fraction of sp³-hybridized carbons (Fsp3) is 0.364. The average molecular weight is 272 g/mol. The molecule has 15 heavy (non-hydrogen) atoms. The molecule has 3 nitrogen and oxygen atoms in total. The molecule has 0 spiro atoms. The second-order valence-electron chi connectivity index (χ2n) is 3.85. The van der Waals surface area contributed by atoms with Crippen LogP contribution in [0.2, 0.25) is 0 Å². The highest BCUT2D eigenvalue weighted by molar-refractivity contribution is 9.10. The number of rotatable bonds is 4. The maximum absolute atomic E-state index is 10.8. The van der Waals surface area contributed by atoms with Crippen molar-refractivity contribution in [2.45, 2.75) is 25.3 Å². The summed E-state index contributed by atoms with van der Waals surface area (Å²) in [4.78, 5) is 10.8. The van der Waals surface area contributed by atoms with Crippen LogP contribution in [0.3, 0.4) is 0 Å². The van der Waals surface area contributed by atoms with E-state index in [1.165, 1.54) is 6.92 Å². The Morgan fingerprint density at radius 3 is 2.47 bits per heavy atom. The van der Waals surface area contributed by atoms with Gasteiger partial charge in [-0.25, -0.2) is 0 Å². The summed E-state index contributed by atoms with van der Waals surface area (Å²) in [5.41, 5.74) is 5.58. The van der Waals surface area contributed by atoms with E-state index in [4.69, 9.17) is 10.8 Å². The molecule has 0 aromatic heterocycles. The van der Waals surface area contributed by atoms with Gasteiger partial charge >= 0.3 is 5.97 Å². The molecule has 1 rings (SSSR count). The zero-order chi connectivity index (χ0) is 11.5. The van der Waals surface area contributed by atoms with Gasteiger partial charge in [0.25, 0.3) is 0 Å². The summed E-state index contributed by atoms with van der Waals surface area (Å²) in [6, 6.07) is 7.79. The Morgan fingerprint density at radius 1 is 1.47 bits per heavy atom. The molecule has 82 valence electrons. The van der Waals surface area contributed by atoms with Gasteiger partial charge in [-0.05, 0) is 37.5 Å². The lowest BCUT2D eigenvalue weighted by Gasteiger charge is -2.18. The number of aliphatic carboxylic acids is 1. The summed E-state index contributed by atoms with van der Waals surface area (Å²) in [5.74, 6) is -0.959. The van der Waals surface area contributed by atoms with Gasteiger partial charge in [0.05, 0.1) is 0 Å². The van der Waals surface area contributed by atoms with Gasteiger partial charge in [-0.1, -0.05) is 28.1 Å². The van der Waals surface area contributed by atoms with Gasteiger partial charge in [0, 0.05) is 4.47 Å². The average Bonchev–Trinajstić information content (AvgIpc) is 2.17. The van der Waals surface area contributed by atoms with Crippen molar-refractivity contribution >= 4 is 21.9 Å². The Labute approximate surface area is 97.4 Å². The highest BCUT2D eigenvalue weighted by Gasteiger charge is 2.26. The molecule has 0 radical (unpaired) electrons. The second kappa shape index (κ2) is 4.77. The summed E-state index contributed by atoms with van der Waals surface area (Å²) in [6.07, 6.45) is 1.11. The Morgan fingerprint density at radius 2 is 2.00 bits per heavy atom. The minimum atomic E-state index is -1.15. The SMILES string of the molecule is C[C@](N)(CCc1ccc(Br)cc1)C(=O)O. The van der Waals surface area contributed by atoms with Crippen molar-refractivity contribution in [2.75, 3.05) is 0 Å². The molecule has 0 aliphatic rings. The zero-order valence-corrected chi connectivity index (χ0v) is 10.1. The Hall–Kier alpha value is -0.870. The highest BCUT2D eigenvalue weighted by atomic mass is 79.9. The third-order valence-corrected chi connectivity index (χ3v) is 2.86. The number of carboxylic acid groups (broad SMARTS) is 1. The van der Waals surface area contributed by atoms with E-state index in [1.54, 1.807) is 0 Å². The van der Waals surface area contributed by atoms with Crippen LogP contribution in [-0.4, -0.2) is 16.6 Å². The number of carbonyl (C=O) groups is 1. The van der Waals surface area contributed by atoms with Crippen LogP contribution in [0.4, 0.5) is 0 Å². The number of hydrogen-bond acceptors (Lipinski definition) is 2. The maximum Gasteiger partial charge on any atom is 0.323 e. The summed E-state index contributed by atoms with van der Waals surface area (Å²) in [5, 5.41) is 8.83. The Kier molecular flexibility index (Phi) is 3.88. The first kappa shape index (κ1) is 12.2. The van der Waals surface area contributed by atoms with E-state index in [0.717, 1.165) is 10.0 Å². The van der Waals surface area contributed by atoms with Crippen molar-refractivity contribution in [2.24, 2.45) is 5.73 Å². The lowest BCUT2D eigenvalue weighted by atomic mass is 9.95. The predicted molar refractivity (Wildman–Crippen MR) is 62.7 cm³/mol. The molecule has 0 saturated carbocycles. The molecule has 4 heteroatoms. The predicted octanol–water partition coefficient (Wildman–Crippen LogP) is 2.18. The van der Waals surface area contributed by atoms with Crippen LogP contribution in [0.1, 0.15) is 18.9 Å². The number of hydrogen-bond donors (Lipinski definition) is 2. The third kappa shape index (κ3) is 3.64. The second-order valence-corrected chi connectivity index (χ2v) is 4.76. The molecule has 0 amide bonds.